The number of hydrogen-bond donors (Lipinski definition) is 12. The van der Waals surface area contributed by atoms with E-state index in [9.17, 15) is 61.3 Å². The van der Waals surface area contributed by atoms with Gasteiger partial charge in [0.25, 0.3) is 0 Å². The molecular formula is C40H44O12. The third-order valence-corrected chi connectivity index (χ3v) is 7.66. The molecule has 4 aromatic carbocycles. The molecule has 0 aromatic heterocycles. The zero-order valence-electron chi connectivity index (χ0n) is 27.8. The molecule has 0 spiro atoms. The second kappa shape index (κ2) is 20.5. The van der Waals surface area contributed by atoms with E-state index in [0.717, 1.165) is 0 Å². The van der Waals surface area contributed by atoms with E-state index in [1.165, 1.54) is 24.3 Å². The monoisotopic (exact) mass is 716 g/mol. The SMILES string of the molecule is OC(=Cc1ccccc1)C(O)C(O)C(O)C(O)C(O)=Cc1ccccc1.OC(=Cc1ccccc1)C(O)C(O)C(O)C(O)C(O)=Cc1ccccc1. The summed E-state index contributed by atoms with van der Waals surface area (Å²) in [7, 11) is 0. The lowest BCUT2D eigenvalue weighted by Crippen LogP contribution is -2.45. The van der Waals surface area contributed by atoms with Crippen LogP contribution in [0, 0.1) is 0 Å². The Hall–Kier alpha value is -5.28. The number of aliphatic hydroxyl groups is 12. The van der Waals surface area contributed by atoms with Gasteiger partial charge in [-0.2, -0.15) is 0 Å². The predicted molar refractivity (Wildman–Crippen MR) is 196 cm³/mol. The smallest absolute Gasteiger partial charge is 0.139 e. The molecule has 0 amide bonds. The summed E-state index contributed by atoms with van der Waals surface area (Å²) in [5.41, 5.74) is 2.33. The second-order valence-corrected chi connectivity index (χ2v) is 11.7. The van der Waals surface area contributed by atoms with Gasteiger partial charge in [-0.25, -0.2) is 0 Å². The Morgan fingerprint density at radius 2 is 0.442 bits per heavy atom. The molecule has 8 unspecified atom stereocenters. The van der Waals surface area contributed by atoms with Gasteiger partial charge in [0.05, 0.1) is 0 Å². The maximum Gasteiger partial charge on any atom is 0.139 e. The van der Waals surface area contributed by atoms with Gasteiger partial charge in [0.15, 0.2) is 0 Å². The summed E-state index contributed by atoms with van der Waals surface area (Å²) in [5, 5.41) is 120. The minimum absolute atomic E-state index is 0.582. The van der Waals surface area contributed by atoms with Gasteiger partial charge in [0.2, 0.25) is 0 Å². The van der Waals surface area contributed by atoms with Crippen molar-refractivity contribution in [2.45, 2.75) is 48.8 Å². The Balaban J connectivity index is 0.000000280. The summed E-state index contributed by atoms with van der Waals surface area (Å²) in [6.45, 7) is 0. The minimum Gasteiger partial charge on any atom is -0.509 e. The van der Waals surface area contributed by atoms with Gasteiger partial charge in [-0.15, -0.1) is 0 Å². The Bertz CT molecular complexity index is 1480. The summed E-state index contributed by atoms with van der Waals surface area (Å²) in [5.74, 6) is -2.33. The molecule has 0 fully saturated rings. The van der Waals surface area contributed by atoms with E-state index < -0.39 is 71.9 Å². The van der Waals surface area contributed by atoms with Crippen LogP contribution < -0.4 is 0 Å². The van der Waals surface area contributed by atoms with E-state index in [0.29, 0.717) is 22.3 Å². The first-order valence-electron chi connectivity index (χ1n) is 16.1. The number of hydrogen-bond acceptors (Lipinski definition) is 12. The summed E-state index contributed by atoms with van der Waals surface area (Å²) >= 11 is 0. The zero-order valence-corrected chi connectivity index (χ0v) is 27.8. The van der Waals surface area contributed by atoms with Gasteiger partial charge >= 0.3 is 0 Å². The van der Waals surface area contributed by atoms with Crippen LogP contribution in [0.15, 0.2) is 144 Å². The zero-order chi connectivity index (χ0) is 38.2. The van der Waals surface area contributed by atoms with Crippen molar-refractivity contribution in [1.29, 1.82) is 0 Å². The topological polar surface area (TPSA) is 243 Å². The Morgan fingerprint density at radius 1 is 0.288 bits per heavy atom. The molecule has 0 aliphatic rings. The molecule has 0 saturated carbocycles. The molecule has 4 aromatic rings. The third kappa shape index (κ3) is 12.5. The largest absolute Gasteiger partial charge is 0.509 e. The average molecular weight is 717 g/mol. The molecule has 12 N–H and O–H groups in total. The van der Waals surface area contributed by atoms with Crippen LogP contribution >= 0.6 is 0 Å². The normalized spacial score (nSPS) is 17.4. The van der Waals surface area contributed by atoms with E-state index in [1.807, 2.05) is 0 Å². The van der Waals surface area contributed by atoms with Crippen molar-refractivity contribution in [3.8, 4) is 0 Å². The lowest BCUT2D eigenvalue weighted by atomic mass is 9.99. The van der Waals surface area contributed by atoms with Gasteiger partial charge in [0.1, 0.15) is 71.9 Å². The fourth-order valence-corrected chi connectivity index (χ4v) is 4.67. The molecule has 276 valence electrons. The highest BCUT2D eigenvalue weighted by atomic mass is 16.4. The van der Waals surface area contributed by atoms with E-state index >= 15 is 0 Å². The van der Waals surface area contributed by atoms with Crippen molar-refractivity contribution in [2.75, 3.05) is 0 Å². The predicted octanol–water partition coefficient (Wildman–Crippen LogP) is 3.26. The van der Waals surface area contributed by atoms with Gasteiger partial charge in [0, 0.05) is 0 Å². The van der Waals surface area contributed by atoms with Crippen LogP contribution in [0.2, 0.25) is 0 Å². The van der Waals surface area contributed by atoms with Gasteiger partial charge in [-0.3, -0.25) is 0 Å². The van der Waals surface area contributed by atoms with Crippen molar-refractivity contribution >= 4 is 24.3 Å². The Kier molecular flexibility index (Phi) is 16.3. The standard InChI is InChI=1S/2C20H22O6/c2*21-15(11-13-7-3-1-4-8-13)17(23)19(25)20(26)18(24)16(22)12-14-9-5-2-6-10-14/h2*1-12,17-26H. The first-order valence-corrected chi connectivity index (χ1v) is 16.1. The molecule has 52 heavy (non-hydrogen) atoms. The van der Waals surface area contributed by atoms with Crippen LogP contribution in [-0.4, -0.2) is 110 Å². The number of aliphatic hydroxyl groups excluding tert-OH is 12. The molecule has 0 radical (unpaired) electrons. The number of benzene rings is 4. The van der Waals surface area contributed by atoms with Crippen LogP contribution in [0.5, 0.6) is 0 Å². The van der Waals surface area contributed by atoms with Gasteiger partial charge in [-0.1, -0.05) is 121 Å². The molecule has 4 rings (SSSR count). The maximum absolute atomic E-state index is 10.0. The van der Waals surface area contributed by atoms with Crippen LogP contribution in [0.3, 0.4) is 0 Å². The molecule has 0 heterocycles. The van der Waals surface area contributed by atoms with E-state index in [-0.39, 0.29) is 0 Å². The molecule has 0 aliphatic heterocycles. The molecule has 0 saturated heterocycles. The van der Waals surface area contributed by atoms with E-state index in [2.05, 4.69) is 0 Å². The van der Waals surface area contributed by atoms with Crippen molar-refractivity contribution in [3.63, 3.8) is 0 Å². The third-order valence-electron chi connectivity index (χ3n) is 7.66. The molecule has 12 nitrogen and oxygen atoms in total. The van der Waals surface area contributed by atoms with Crippen LogP contribution in [-0.2, 0) is 0 Å². The quantitative estimate of drug-likeness (QED) is 0.0842. The lowest BCUT2D eigenvalue weighted by Gasteiger charge is -2.26. The average Bonchev–Trinajstić information content (AvgIpc) is 3.17. The van der Waals surface area contributed by atoms with Crippen molar-refractivity contribution in [1.82, 2.24) is 0 Å². The molecular weight excluding hydrogens is 672 g/mol. The highest BCUT2D eigenvalue weighted by Crippen LogP contribution is 2.19. The fourth-order valence-electron chi connectivity index (χ4n) is 4.67. The molecule has 0 bridgehead atoms. The summed E-state index contributed by atoms with van der Waals surface area (Å²) < 4.78 is 0. The minimum atomic E-state index is -1.92. The maximum atomic E-state index is 10.0. The molecule has 12 heteroatoms. The van der Waals surface area contributed by atoms with Crippen molar-refractivity contribution in [2.24, 2.45) is 0 Å². The first-order chi connectivity index (χ1) is 24.8. The van der Waals surface area contributed by atoms with Crippen LogP contribution in [0.1, 0.15) is 22.3 Å². The summed E-state index contributed by atoms with van der Waals surface area (Å²) in [6.07, 6.45) is -10.1. The summed E-state index contributed by atoms with van der Waals surface area (Å²) in [4.78, 5) is 0. The highest BCUT2D eigenvalue weighted by Gasteiger charge is 2.35. The molecule has 0 aliphatic carbocycles. The van der Waals surface area contributed by atoms with Crippen LogP contribution in [0.4, 0.5) is 0 Å². The fraction of sp³-hybridized carbons (Fsp3) is 0.200. The highest BCUT2D eigenvalue weighted by molar-refractivity contribution is 5.54. The van der Waals surface area contributed by atoms with Gasteiger partial charge < -0.3 is 61.3 Å². The van der Waals surface area contributed by atoms with E-state index in [4.69, 9.17) is 0 Å². The van der Waals surface area contributed by atoms with Crippen molar-refractivity contribution < 1.29 is 61.3 Å². The molecule has 8 atom stereocenters. The Labute approximate surface area is 300 Å². The second-order valence-electron chi connectivity index (χ2n) is 11.7. The van der Waals surface area contributed by atoms with E-state index in [1.54, 1.807) is 121 Å². The Morgan fingerprint density at radius 3 is 0.596 bits per heavy atom. The summed E-state index contributed by atoms with van der Waals surface area (Å²) in [6, 6.07) is 34.4. The van der Waals surface area contributed by atoms with Gasteiger partial charge in [-0.05, 0) is 46.6 Å². The van der Waals surface area contributed by atoms with Crippen molar-refractivity contribution in [3.05, 3.63) is 167 Å². The lowest BCUT2D eigenvalue weighted by molar-refractivity contribution is -0.0996. The first kappa shape index (κ1) is 41.1. The number of rotatable bonds is 14. The van der Waals surface area contributed by atoms with Crippen LogP contribution in [0.25, 0.3) is 24.3 Å².